The maximum Gasteiger partial charge on any atom is 0.256 e. The van der Waals surface area contributed by atoms with Crippen molar-refractivity contribution in [2.75, 3.05) is 22.1 Å². The minimum atomic E-state index is -3.15. The summed E-state index contributed by atoms with van der Waals surface area (Å²) < 4.78 is 31.4. The lowest BCUT2D eigenvalue weighted by molar-refractivity contribution is -0.114. The molecule has 1 fully saturated rings. The molecular weight excluding hydrogens is 470 g/mol. The molecule has 4 aromatic rings. The predicted molar refractivity (Wildman–Crippen MR) is 131 cm³/mol. The molecule has 0 spiro atoms. The number of fused-ring (bicyclic) bond motifs is 1. The van der Waals surface area contributed by atoms with E-state index in [1.165, 1.54) is 13.2 Å². The van der Waals surface area contributed by atoms with Crippen molar-refractivity contribution in [2.45, 2.75) is 26.3 Å². The Kier molecular flexibility index (Phi) is 5.64. The predicted octanol–water partition coefficient (Wildman–Crippen LogP) is 3.57. The summed E-state index contributed by atoms with van der Waals surface area (Å²) in [6.45, 7) is 3.19. The molecule has 1 saturated heterocycles. The number of carbonyl (C=O) groups is 2. The summed E-state index contributed by atoms with van der Waals surface area (Å²) >= 11 is 0. The first kappa shape index (κ1) is 22.8. The number of amides is 2. The molecule has 1 aliphatic heterocycles. The smallest absolute Gasteiger partial charge is 0.256 e. The maximum atomic E-state index is 13.4. The Morgan fingerprint density at radius 2 is 1.83 bits per heavy atom. The van der Waals surface area contributed by atoms with Gasteiger partial charge < -0.3 is 15.1 Å². The lowest BCUT2D eigenvalue weighted by Crippen LogP contribution is -2.15. The zero-order valence-corrected chi connectivity index (χ0v) is 19.9. The molecule has 3 aromatic heterocycles. The van der Waals surface area contributed by atoms with Gasteiger partial charge in [0.1, 0.15) is 5.69 Å². The highest BCUT2D eigenvalue weighted by atomic mass is 32.2. The molecule has 10 nitrogen and oxygen atoms in total. The van der Waals surface area contributed by atoms with E-state index in [0.717, 1.165) is 0 Å². The number of furan rings is 1. The molecule has 180 valence electrons. The molecule has 35 heavy (non-hydrogen) atoms. The van der Waals surface area contributed by atoms with Gasteiger partial charge in [-0.1, -0.05) is 0 Å². The van der Waals surface area contributed by atoms with E-state index in [-0.39, 0.29) is 29.4 Å². The van der Waals surface area contributed by atoms with E-state index in [2.05, 4.69) is 15.7 Å². The SMILES string of the molecule is CC(=O)Nc1ccc(NC(=O)c2cc(-c3ccco3)nc3c2c(C)nn3C2CCS(=O)(=O)C2)cc1. The Morgan fingerprint density at radius 3 is 2.43 bits per heavy atom. The van der Waals surface area contributed by atoms with Gasteiger partial charge in [-0.05, 0) is 55.8 Å². The number of pyridine rings is 1. The lowest BCUT2D eigenvalue weighted by Gasteiger charge is -2.12. The summed E-state index contributed by atoms with van der Waals surface area (Å²) in [6.07, 6.45) is 1.96. The second-order valence-electron chi connectivity index (χ2n) is 8.53. The van der Waals surface area contributed by atoms with Crippen LogP contribution in [-0.2, 0) is 14.6 Å². The van der Waals surface area contributed by atoms with E-state index in [1.54, 1.807) is 54.1 Å². The van der Waals surface area contributed by atoms with Gasteiger partial charge in [0, 0.05) is 18.3 Å². The molecular formula is C24H23N5O5S. The zero-order chi connectivity index (χ0) is 24.7. The Labute approximate surface area is 201 Å². The highest BCUT2D eigenvalue weighted by Crippen LogP contribution is 2.32. The third-order valence-corrected chi connectivity index (χ3v) is 7.62. The first-order valence-electron chi connectivity index (χ1n) is 11.0. The Morgan fingerprint density at radius 1 is 1.11 bits per heavy atom. The number of aromatic nitrogens is 3. The molecule has 0 aliphatic carbocycles. The summed E-state index contributed by atoms with van der Waals surface area (Å²) in [7, 11) is -3.15. The standard InChI is InChI=1S/C24H23N5O5S/c1-14-22-19(24(31)26-17-7-5-16(6-8-17)25-15(2)30)12-20(21-4-3-10-34-21)27-23(22)29(28-14)18-9-11-35(32,33)13-18/h3-8,10,12,18H,9,11,13H2,1-2H3,(H,25,30)(H,26,31). The van der Waals surface area contributed by atoms with Gasteiger partial charge >= 0.3 is 0 Å². The molecule has 1 aromatic carbocycles. The summed E-state index contributed by atoms with van der Waals surface area (Å²) in [5, 5.41) is 10.7. The average Bonchev–Trinajstić information content (AvgIpc) is 3.53. The second kappa shape index (κ2) is 8.66. The van der Waals surface area contributed by atoms with Crippen LogP contribution in [0.1, 0.15) is 35.4 Å². The third-order valence-electron chi connectivity index (χ3n) is 5.87. The van der Waals surface area contributed by atoms with Gasteiger partial charge in [-0.25, -0.2) is 18.1 Å². The highest BCUT2D eigenvalue weighted by molar-refractivity contribution is 7.91. The molecule has 0 saturated carbocycles. The Bertz CT molecular complexity index is 1540. The number of sulfone groups is 1. The average molecular weight is 494 g/mol. The molecule has 11 heteroatoms. The molecule has 2 N–H and O–H groups in total. The lowest BCUT2D eigenvalue weighted by atomic mass is 10.1. The molecule has 4 heterocycles. The number of benzene rings is 1. The van der Waals surface area contributed by atoms with Crippen molar-refractivity contribution < 1.29 is 22.4 Å². The number of carbonyl (C=O) groups excluding carboxylic acids is 2. The molecule has 5 rings (SSSR count). The van der Waals surface area contributed by atoms with E-state index in [9.17, 15) is 18.0 Å². The summed E-state index contributed by atoms with van der Waals surface area (Å²) in [6, 6.07) is 11.5. The van der Waals surface area contributed by atoms with E-state index >= 15 is 0 Å². The van der Waals surface area contributed by atoms with Crippen molar-refractivity contribution in [2.24, 2.45) is 0 Å². The van der Waals surface area contributed by atoms with Crippen LogP contribution in [0.15, 0.2) is 53.1 Å². The van der Waals surface area contributed by atoms with Gasteiger partial charge in [0.15, 0.2) is 21.2 Å². The minimum Gasteiger partial charge on any atom is -0.463 e. The first-order valence-corrected chi connectivity index (χ1v) is 12.9. The van der Waals surface area contributed by atoms with Crippen LogP contribution in [0.5, 0.6) is 0 Å². The van der Waals surface area contributed by atoms with Crippen LogP contribution in [0.2, 0.25) is 0 Å². The number of hydrogen-bond donors (Lipinski definition) is 2. The van der Waals surface area contributed by atoms with Crippen LogP contribution >= 0.6 is 0 Å². The fraction of sp³-hybridized carbons (Fsp3) is 0.250. The summed E-state index contributed by atoms with van der Waals surface area (Å²) in [5.41, 5.74) is 2.96. The van der Waals surface area contributed by atoms with Gasteiger partial charge in [-0.3, -0.25) is 9.59 Å². The Balaban J connectivity index is 1.57. The number of hydrogen-bond acceptors (Lipinski definition) is 7. The van der Waals surface area contributed by atoms with Crippen LogP contribution in [0.3, 0.4) is 0 Å². The zero-order valence-electron chi connectivity index (χ0n) is 19.1. The van der Waals surface area contributed by atoms with Gasteiger partial charge in [-0.2, -0.15) is 5.10 Å². The van der Waals surface area contributed by atoms with Crippen molar-refractivity contribution in [3.63, 3.8) is 0 Å². The largest absolute Gasteiger partial charge is 0.463 e. The number of nitrogens with one attached hydrogen (secondary N) is 2. The minimum absolute atomic E-state index is 0.0158. The normalized spacial score (nSPS) is 16.9. The second-order valence-corrected chi connectivity index (χ2v) is 10.8. The number of nitrogens with zero attached hydrogens (tertiary/aromatic N) is 3. The van der Waals surface area contributed by atoms with E-state index in [4.69, 9.17) is 9.40 Å². The Hall–Kier alpha value is -3.99. The van der Waals surface area contributed by atoms with Crippen LogP contribution in [0.25, 0.3) is 22.5 Å². The van der Waals surface area contributed by atoms with Crippen molar-refractivity contribution in [3.8, 4) is 11.5 Å². The third kappa shape index (κ3) is 4.54. The summed E-state index contributed by atoms with van der Waals surface area (Å²) in [4.78, 5) is 29.4. The fourth-order valence-corrected chi connectivity index (χ4v) is 6.00. The molecule has 1 aliphatic rings. The number of anilines is 2. The topological polar surface area (TPSA) is 136 Å². The van der Waals surface area contributed by atoms with Gasteiger partial charge in [0.05, 0.1) is 40.5 Å². The van der Waals surface area contributed by atoms with Crippen LogP contribution < -0.4 is 10.6 Å². The first-order chi connectivity index (χ1) is 16.7. The van der Waals surface area contributed by atoms with Crippen LogP contribution in [-0.4, -0.2) is 46.5 Å². The molecule has 0 radical (unpaired) electrons. The number of rotatable bonds is 5. The van der Waals surface area contributed by atoms with Crippen molar-refractivity contribution in [1.82, 2.24) is 14.8 Å². The quantitative estimate of drug-likeness (QED) is 0.434. The van der Waals surface area contributed by atoms with E-state index < -0.39 is 9.84 Å². The molecule has 0 bridgehead atoms. The van der Waals surface area contributed by atoms with Crippen molar-refractivity contribution in [3.05, 3.63) is 60.0 Å². The van der Waals surface area contributed by atoms with Crippen molar-refractivity contribution >= 4 is 44.1 Å². The van der Waals surface area contributed by atoms with Gasteiger partial charge in [0.2, 0.25) is 5.91 Å². The van der Waals surface area contributed by atoms with E-state index in [0.29, 0.717) is 51.5 Å². The highest BCUT2D eigenvalue weighted by Gasteiger charge is 2.32. The fourth-order valence-electron chi connectivity index (χ4n) is 4.30. The van der Waals surface area contributed by atoms with Crippen LogP contribution in [0, 0.1) is 6.92 Å². The van der Waals surface area contributed by atoms with E-state index in [1.807, 2.05) is 0 Å². The van der Waals surface area contributed by atoms with Gasteiger partial charge in [0.25, 0.3) is 5.91 Å². The molecule has 1 atom stereocenters. The van der Waals surface area contributed by atoms with Crippen molar-refractivity contribution in [1.29, 1.82) is 0 Å². The monoisotopic (exact) mass is 493 g/mol. The summed E-state index contributed by atoms with van der Waals surface area (Å²) in [5.74, 6) is -0.00581. The molecule has 1 unspecified atom stereocenters. The maximum absolute atomic E-state index is 13.4. The van der Waals surface area contributed by atoms with Gasteiger partial charge in [-0.15, -0.1) is 0 Å². The molecule has 2 amide bonds. The number of aryl methyl sites for hydroxylation is 1. The van der Waals surface area contributed by atoms with Crippen LogP contribution in [0.4, 0.5) is 11.4 Å².